The van der Waals surface area contributed by atoms with Gasteiger partial charge in [-0.25, -0.2) is 4.98 Å². The van der Waals surface area contributed by atoms with E-state index in [1.165, 1.54) is 4.52 Å². The van der Waals surface area contributed by atoms with E-state index < -0.39 is 0 Å². The van der Waals surface area contributed by atoms with Crippen molar-refractivity contribution in [2.45, 2.75) is 17.7 Å². The summed E-state index contributed by atoms with van der Waals surface area (Å²) in [5, 5.41) is 2.96. The van der Waals surface area contributed by atoms with Crippen molar-refractivity contribution in [3.8, 4) is 0 Å². The van der Waals surface area contributed by atoms with E-state index in [4.69, 9.17) is 0 Å². The third kappa shape index (κ3) is 1.61. The van der Waals surface area contributed by atoms with Crippen LogP contribution in [0.15, 0.2) is 9.69 Å². The highest BCUT2D eigenvalue weighted by Crippen LogP contribution is 2.25. The molecule has 1 aliphatic rings. The van der Waals surface area contributed by atoms with Crippen molar-refractivity contribution in [1.82, 2.24) is 19.6 Å². The summed E-state index contributed by atoms with van der Waals surface area (Å²) in [6.07, 6.45) is 1.95. The first-order chi connectivity index (χ1) is 8.16. The topological polar surface area (TPSA) is 66.3 Å². The quantitative estimate of drug-likeness (QED) is 0.800. The van der Waals surface area contributed by atoms with Gasteiger partial charge in [0.1, 0.15) is 0 Å². The van der Waals surface area contributed by atoms with Crippen LogP contribution in [0.25, 0.3) is 5.78 Å². The zero-order chi connectivity index (χ0) is 12.0. The summed E-state index contributed by atoms with van der Waals surface area (Å²) >= 11 is 1.59. The fourth-order valence-electron chi connectivity index (χ4n) is 1.86. The molecule has 7 heteroatoms. The first kappa shape index (κ1) is 10.6. The second-order valence-electron chi connectivity index (χ2n) is 4.22. The Kier molecular flexibility index (Phi) is 2.36. The number of anilines is 1. The average Bonchev–Trinajstić information content (AvgIpc) is 2.74. The largest absolute Gasteiger partial charge is 0.347 e. The average molecular weight is 251 g/mol. The van der Waals surface area contributed by atoms with Gasteiger partial charge in [0, 0.05) is 14.1 Å². The number of fused-ring (bicyclic) bond motifs is 2. The van der Waals surface area contributed by atoms with Crippen LogP contribution in [0.5, 0.6) is 0 Å². The smallest absolute Gasteiger partial charge is 0.287 e. The number of hydrogen-bond acceptors (Lipinski definition) is 5. The lowest BCUT2D eigenvalue weighted by molar-refractivity contribution is 0.781. The van der Waals surface area contributed by atoms with Gasteiger partial charge in [0.15, 0.2) is 0 Å². The van der Waals surface area contributed by atoms with Gasteiger partial charge in [-0.1, -0.05) is 0 Å². The van der Waals surface area contributed by atoms with Crippen LogP contribution >= 0.6 is 11.8 Å². The molecule has 3 rings (SSSR count). The van der Waals surface area contributed by atoms with E-state index in [1.54, 1.807) is 11.8 Å². The van der Waals surface area contributed by atoms with Crippen LogP contribution in [-0.2, 0) is 6.42 Å². The van der Waals surface area contributed by atoms with Crippen LogP contribution in [0, 0.1) is 0 Å². The number of aryl methyl sites for hydroxylation is 1. The Hall–Kier alpha value is -1.50. The van der Waals surface area contributed by atoms with Crippen molar-refractivity contribution >= 4 is 23.5 Å². The van der Waals surface area contributed by atoms with Crippen molar-refractivity contribution in [3.63, 3.8) is 0 Å². The van der Waals surface area contributed by atoms with Gasteiger partial charge in [-0.15, -0.1) is 11.8 Å². The molecule has 0 aromatic carbocycles. The SMILES string of the molecule is CN(C)c1nc2nc3c(c(=O)n2[nH]1)SCCC3. The molecule has 0 bridgehead atoms. The monoisotopic (exact) mass is 251 g/mol. The number of H-pyrrole nitrogens is 1. The van der Waals surface area contributed by atoms with Gasteiger partial charge in [-0.2, -0.15) is 9.50 Å². The molecule has 0 amide bonds. The highest BCUT2D eigenvalue weighted by atomic mass is 32.2. The molecule has 6 nitrogen and oxygen atoms in total. The minimum atomic E-state index is -0.0321. The number of hydrogen-bond donors (Lipinski definition) is 1. The third-order valence-corrected chi connectivity index (χ3v) is 3.93. The maximum atomic E-state index is 12.2. The second kappa shape index (κ2) is 3.76. The first-order valence-corrected chi connectivity index (χ1v) is 6.47. The van der Waals surface area contributed by atoms with Gasteiger partial charge in [0.2, 0.25) is 5.95 Å². The molecular weight excluding hydrogens is 238 g/mol. The number of nitrogens with one attached hydrogen (secondary N) is 1. The fraction of sp³-hybridized carbons (Fsp3) is 0.500. The van der Waals surface area contributed by atoms with Gasteiger partial charge in [-0.05, 0) is 18.6 Å². The Labute approximate surface area is 102 Å². The molecule has 17 heavy (non-hydrogen) atoms. The van der Waals surface area contributed by atoms with E-state index in [0.717, 1.165) is 29.2 Å². The summed E-state index contributed by atoms with van der Waals surface area (Å²) in [5.41, 5.74) is 0.860. The summed E-state index contributed by atoms with van der Waals surface area (Å²) in [4.78, 5) is 23.6. The van der Waals surface area contributed by atoms with E-state index >= 15 is 0 Å². The molecule has 2 aromatic heterocycles. The summed E-state index contributed by atoms with van der Waals surface area (Å²) in [5.74, 6) is 2.09. The molecule has 2 aromatic rings. The summed E-state index contributed by atoms with van der Waals surface area (Å²) in [6.45, 7) is 0. The Morgan fingerprint density at radius 3 is 3.00 bits per heavy atom. The van der Waals surface area contributed by atoms with Crippen molar-refractivity contribution in [2.75, 3.05) is 24.7 Å². The molecule has 3 heterocycles. The molecule has 0 atom stereocenters. The summed E-state index contributed by atoms with van der Waals surface area (Å²) in [7, 11) is 3.74. The highest BCUT2D eigenvalue weighted by Gasteiger charge is 2.19. The Balaban J connectivity index is 2.29. The predicted octanol–water partition coefficient (Wildman–Crippen LogP) is 0.522. The van der Waals surface area contributed by atoms with E-state index in [0.29, 0.717) is 11.7 Å². The van der Waals surface area contributed by atoms with Crippen LogP contribution in [0.4, 0.5) is 5.95 Å². The molecular formula is C10H13N5OS. The lowest BCUT2D eigenvalue weighted by Gasteiger charge is -2.12. The van der Waals surface area contributed by atoms with Gasteiger partial charge in [-0.3, -0.25) is 9.89 Å². The Morgan fingerprint density at radius 1 is 1.41 bits per heavy atom. The standard InChI is InChI=1S/C10H13N5OS/c1-14(2)10-12-9-11-6-4-3-5-17-7(6)8(16)15(9)13-10/h3-5H2,1-2H3,(H,11,12,13). The van der Waals surface area contributed by atoms with Crippen molar-refractivity contribution < 1.29 is 0 Å². The summed E-state index contributed by atoms with van der Waals surface area (Å²) in [6, 6.07) is 0. The molecule has 1 N–H and O–H groups in total. The molecule has 0 radical (unpaired) electrons. The highest BCUT2D eigenvalue weighted by molar-refractivity contribution is 7.99. The van der Waals surface area contributed by atoms with Gasteiger partial charge in [0.05, 0.1) is 10.6 Å². The number of rotatable bonds is 1. The molecule has 0 saturated heterocycles. The van der Waals surface area contributed by atoms with E-state index in [-0.39, 0.29) is 5.56 Å². The Morgan fingerprint density at radius 2 is 2.24 bits per heavy atom. The second-order valence-corrected chi connectivity index (χ2v) is 5.33. The van der Waals surface area contributed by atoms with Crippen LogP contribution in [0.1, 0.15) is 12.1 Å². The summed E-state index contributed by atoms with van der Waals surface area (Å²) < 4.78 is 1.42. The van der Waals surface area contributed by atoms with Crippen LogP contribution in [0.3, 0.4) is 0 Å². The number of nitrogens with zero attached hydrogens (tertiary/aromatic N) is 4. The van der Waals surface area contributed by atoms with Crippen molar-refractivity contribution in [3.05, 3.63) is 16.0 Å². The molecule has 0 saturated carbocycles. The molecule has 0 unspecified atom stereocenters. The third-order valence-electron chi connectivity index (χ3n) is 2.74. The minimum Gasteiger partial charge on any atom is -0.347 e. The lowest BCUT2D eigenvalue weighted by Crippen LogP contribution is -2.22. The number of thioether (sulfide) groups is 1. The van der Waals surface area contributed by atoms with Crippen LogP contribution in [0.2, 0.25) is 0 Å². The predicted molar refractivity (Wildman–Crippen MR) is 67.0 cm³/mol. The first-order valence-electron chi connectivity index (χ1n) is 5.48. The maximum absolute atomic E-state index is 12.2. The van der Waals surface area contributed by atoms with E-state index in [1.807, 2.05) is 19.0 Å². The minimum absolute atomic E-state index is 0.0321. The zero-order valence-electron chi connectivity index (χ0n) is 9.73. The van der Waals surface area contributed by atoms with E-state index in [9.17, 15) is 4.79 Å². The van der Waals surface area contributed by atoms with E-state index in [2.05, 4.69) is 15.1 Å². The fourth-order valence-corrected chi connectivity index (χ4v) is 2.88. The van der Waals surface area contributed by atoms with Gasteiger partial charge < -0.3 is 4.90 Å². The van der Waals surface area contributed by atoms with Crippen molar-refractivity contribution in [1.29, 1.82) is 0 Å². The normalized spacial score (nSPS) is 14.9. The molecule has 90 valence electrons. The van der Waals surface area contributed by atoms with Gasteiger partial charge >= 0.3 is 0 Å². The van der Waals surface area contributed by atoms with Gasteiger partial charge in [0.25, 0.3) is 11.3 Å². The number of aromatic amines is 1. The van der Waals surface area contributed by atoms with Crippen molar-refractivity contribution in [2.24, 2.45) is 0 Å². The Bertz CT molecular complexity index is 629. The number of aromatic nitrogens is 4. The molecule has 1 aliphatic heterocycles. The zero-order valence-corrected chi connectivity index (χ0v) is 10.5. The maximum Gasteiger partial charge on any atom is 0.287 e. The lowest BCUT2D eigenvalue weighted by atomic mass is 10.2. The molecule has 0 fully saturated rings. The molecule has 0 spiro atoms. The molecule has 0 aliphatic carbocycles. The van der Waals surface area contributed by atoms with Crippen LogP contribution in [-0.4, -0.2) is 39.4 Å². The van der Waals surface area contributed by atoms with Crippen LogP contribution < -0.4 is 10.5 Å².